The van der Waals surface area contributed by atoms with E-state index in [-0.39, 0.29) is 0 Å². The van der Waals surface area contributed by atoms with Crippen LogP contribution in [0, 0.1) is 0 Å². The van der Waals surface area contributed by atoms with Gasteiger partial charge in [0.1, 0.15) is 12.4 Å². The third-order valence-corrected chi connectivity index (χ3v) is 3.21. The lowest BCUT2D eigenvalue weighted by molar-refractivity contribution is 0.284. The third-order valence-electron chi connectivity index (χ3n) is 3.21. The number of nitrogens with one attached hydrogen (secondary N) is 1. The number of methoxy groups -OCH3 is 1. The van der Waals surface area contributed by atoms with Gasteiger partial charge in [0, 0.05) is 12.7 Å². The summed E-state index contributed by atoms with van der Waals surface area (Å²) in [7, 11) is 1.66. The molecule has 0 aliphatic heterocycles. The van der Waals surface area contributed by atoms with Gasteiger partial charge in [0.05, 0.1) is 7.11 Å². The van der Waals surface area contributed by atoms with E-state index >= 15 is 0 Å². The van der Waals surface area contributed by atoms with E-state index in [1.807, 2.05) is 31.2 Å². The SMILES string of the molecule is CCNc1cc(COc2ccc(CC)cc2OC)ccn1. The van der Waals surface area contributed by atoms with Crippen molar-refractivity contribution in [3.63, 3.8) is 0 Å². The summed E-state index contributed by atoms with van der Waals surface area (Å²) < 4.78 is 11.3. The Morgan fingerprint density at radius 1 is 1.05 bits per heavy atom. The first kappa shape index (κ1) is 15.2. The number of nitrogens with zero attached hydrogens (tertiary/aromatic N) is 1. The van der Waals surface area contributed by atoms with Gasteiger partial charge in [-0.3, -0.25) is 0 Å². The Morgan fingerprint density at radius 2 is 1.90 bits per heavy atom. The fourth-order valence-electron chi connectivity index (χ4n) is 2.05. The second-order valence-electron chi connectivity index (χ2n) is 4.71. The molecule has 0 radical (unpaired) electrons. The molecule has 0 aliphatic rings. The molecule has 2 rings (SSSR count). The van der Waals surface area contributed by atoms with Crippen LogP contribution in [0.1, 0.15) is 25.0 Å². The maximum absolute atomic E-state index is 5.87. The molecule has 0 fully saturated rings. The molecule has 112 valence electrons. The van der Waals surface area contributed by atoms with Crippen molar-refractivity contribution >= 4 is 5.82 Å². The normalized spacial score (nSPS) is 10.2. The topological polar surface area (TPSA) is 43.4 Å². The number of rotatable bonds is 7. The Labute approximate surface area is 126 Å². The van der Waals surface area contributed by atoms with Gasteiger partial charge in [-0.25, -0.2) is 4.98 Å². The summed E-state index contributed by atoms with van der Waals surface area (Å²) in [6.45, 7) is 5.51. The molecule has 0 spiro atoms. The number of anilines is 1. The highest BCUT2D eigenvalue weighted by atomic mass is 16.5. The summed E-state index contributed by atoms with van der Waals surface area (Å²) in [5.41, 5.74) is 2.31. The van der Waals surface area contributed by atoms with Crippen molar-refractivity contribution in [3.8, 4) is 11.5 Å². The second-order valence-corrected chi connectivity index (χ2v) is 4.71. The van der Waals surface area contributed by atoms with Gasteiger partial charge in [-0.05, 0) is 48.7 Å². The van der Waals surface area contributed by atoms with Crippen LogP contribution in [0.4, 0.5) is 5.82 Å². The summed E-state index contributed by atoms with van der Waals surface area (Å²) in [4.78, 5) is 4.25. The van der Waals surface area contributed by atoms with Gasteiger partial charge < -0.3 is 14.8 Å². The van der Waals surface area contributed by atoms with Crippen LogP contribution in [0.25, 0.3) is 0 Å². The largest absolute Gasteiger partial charge is 0.493 e. The van der Waals surface area contributed by atoms with E-state index in [2.05, 4.69) is 23.3 Å². The van der Waals surface area contributed by atoms with Gasteiger partial charge in [-0.1, -0.05) is 13.0 Å². The quantitative estimate of drug-likeness (QED) is 0.843. The van der Waals surface area contributed by atoms with E-state index in [0.717, 1.165) is 35.8 Å². The first-order valence-corrected chi connectivity index (χ1v) is 7.25. The van der Waals surface area contributed by atoms with Gasteiger partial charge in [0.25, 0.3) is 0 Å². The second kappa shape index (κ2) is 7.53. The molecule has 4 nitrogen and oxygen atoms in total. The molecule has 0 amide bonds. The van der Waals surface area contributed by atoms with Crippen LogP contribution in [-0.2, 0) is 13.0 Å². The zero-order valence-corrected chi connectivity index (χ0v) is 12.8. The first-order chi connectivity index (χ1) is 10.3. The number of aryl methyl sites for hydroxylation is 1. The van der Waals surface area contributed by atoms with E-state index in [0.29, 0.717) is 6.61 Å². The van der Waals surface area contributed by atoms with Crippen molar-refractivity contribution in [1.82, 2.24) is 4.98 Å². The molecule has 1 aromatic carbocycles. The molecule has 0 aliphatic carbocycles. The number of aromatic nitrogens is 1. The van der Waals surface area contributed by atoms with Crippen LogP contribution in [0.15, 0.2) is 36.5 Å². The molecule has 0 atom stereocenters. The Hall–Kier alpha value is -2.23. The highest BCUT2D eigenvalue weighted by Gasteiger charge is 2.06. The zero-order chi connectivity index (χ0) is 15.1. The van der Waals surface area contributed by atoms with Crippen molar-refractivity contribution in [3.05, 3.63) is 47.7 Å². The average molecular weight is 286 g/mol. The number of ether oxygens (including phenoxy) is 2. The minimum absolute atomic E-state index is 0.489. The van der Waals surface area contributed by atoms with E-state index in [1.165, 1.54) is 5.56 Å². The molecule has 0 bridgehead atoms. The zero-order valence-electron chi connectivity index (χ0n) is 12.8. The number of hydrogen-bond donors (Lipinski definition) is 1. The molecule has 1 aromatic heterocycles. The Kier molecular flexibility index (Phi) is 5.43. The summed E-state index contributed by atoms with van der Waals surface area (Å²) in [6.07, 6.45) is 2.77. The lowest BCUT2D eigenvalue weighted by atomic mass is 10.1. The summed E-state index contributed by atoms with van der Waals surface area (Å²) in [6, 6.07) is 9.99. The molecule has 21 heavy (non-hydrogen) atoms. The molecule has 0 unspecified atom stereocenters. The highest BCUT2D eigenvalue weighted by molar-refractivity contribution is 5.43. The maximum Gasteiger partial charge on any atom is 0.161 e. The predicted molar refractivity (Wildman–Crippen MR) is 85.1 cm³/mol. The third kappa shape index (κ3) is 4.12. The molecule has 0 saturated carbocycles. The predicted octanol–water partition coefficient (Wildman–Crippen LogP) is 3.66. The molecule has 1 N–H and O–H groups in total. The monoisotopic (exact) mass is 286 g/mol. The van der Waals surface area contributed by atoms with Gasteiger partial charge in [0.15, 0.2) is 11.5 Å². The maximum atomic E-state index is 5.87. The minimum Gasteiger partial charge on any atom is -0.493 e. The summed E-state index contributed by atoms with van der Waals surface area (Å²) in [5.74, 6) is 2.40. The van der Waals surface area contributed by atoms with E-state index in [1.54, 1.807) is 13.3 Å². The van der Waals surface area contributed by atoms with Crippen LogP contribution in [0.2, 0.25) is 0 Å². The van der Waals surface area contributed by atoms with Crippen molar-refractivity contribution in [2.24, 2.45) is 0 Å². The fourth-order valence-corrected chi connectivity index (χ4v) is 2.05. The Bertz CT molecular complexity index is 585. The van der Waals surface area contributed by atoms with Gasteiger partial charge in [-0.15, -0.1) is 0 Å². The molecule has 1 heterocycles. The van der Waals surface area contributed by atoms with Crippen molar-refractivity contribution in [1.29, 1.82) is 0 Å². The molecular weight excluding hydrogens is 264 g/mol. The Morgan fingerprint density at radius 3 is 2.62 bits per heavy atom. The lowest BCUT2D eigenvalue weighted by Crippen LogP contribution is -2.02. The smallest absolute Gasteiger partial charge is 0.161 e. The van der Waals surface area contributed by atoms with E-state index in [4.69, 9.17) is 9.47 Å². The first-order valence-electron chi connectivity index (χ1n) is 7.25. The minimum atomic E-state index is 0.489. The van der Waals surface area contributed by atoms with Crippen LogP contribution in [-0.4, -0.2) is 18.6 Å². The van der Waals surface area contributed by atoms with Gasteiger partial charge in [-0.2, -0.15) is 0 Å². The Balaban J connectivity index is 2.07. The summed E-state index contributed by atoms with van der Waals surface area (Å²) >= 11 is 0. The average Bonchev–Trinajstić information content (AvgIpc) is 2.53. The number of hydrogen-bond acceptors (Lipinski definition) is 4. The molecule has 4 heteroatoms. The van der Waals surface area contributed by atoms with Crippen LogP contribution in [0.5, 0.6) is 11.5 Å². The number of pyridine rings is 1. The lowest BCUT2D eigenvalue weighted by Gasteiger charge is -2.12. The molecule has 2 aromatic rings. The van der Waals surface area contributed by atoms with Crippen molar-refractivity contribution < 1.29 is 9.47 Å². The van der Waals surface area contributed by atoms with Crippen LogP contribution >= 0.6 is 0 Å². The molecular formula is C17H22N2O2. The van der Waals surface area contributed by atoms with Crippen LogP contribution in [0.3, 0.4) is 0 Å². The fraction of sp³-hybridized carbons (Fsp3) is 0.353. The highest BCUT2D eigenvalue weighted by Crippen LogP contribution is 2.29. The summed E-state index contributed by atoms with van der Waals surface area (Å²) in [5, 5.41) is 3.19. The van der Waals surface area contributed by atoms with Crippen molar-refractivity contribution in [2.45, 2.75) is 26.9 Å². The van der Waals surface area contributed by atoms with Gasteiger partial charge in [0.2, 0.25) is 0 Å². The molecule has 0 saturated heterocycles. The van der Waals surface area contributed by atoms with E-state index in [9.17, 15) is 0 Å². The number of benzene rings is 1. The van der Waals surface area contributed by atoms with Gasteiger partial charge >= 0.3 is 0 Å². The van der Waals surface area contributed by atoms with E-state index < -0.39 is 0 Å². The standard InChI is InChI=1S/C17H22N2O2/c1-4-13-6-7-15(16(10-13)20-3)21-12-14-8-9-19-17(11-14)18-5-2/h6-11H,4-5,12H2,1-3H3,(H,18,19). The van der Waals surface area contributed by atoms with Crippen molar-refractivity contribution in [2.75, 3.05) is 19.0 Å². The van der Waals surface area contributed by atoms with Crippen LogP contribution < -0.4 is 14.8 Å².